The lowest BCUT2D eigenvalue weighted by atomic mass is 10.3. The molecule has 4 heteroatoms. The molecule has 4 nitrogen and oxygen atoms in total. The second-order valence-corrected chi connectivity index (χ2v) is 2.28. The summed E-state index contributed by atoms with van der Waals surface area (Å²) < 4.78 is 4.62. The summed E-state index contributed by atoms with van der Waals surface area (Å²) in [5.41, 5.74) is 0. The van der Waals surface area contributed by atoms with Crippen molar-refractivity contribution in [2.45, 2.75) is 6.92 Å². The van der Waals surface area contributed by atoms with Crippen LogP contribution in [0.4, 0.5) is 0 Å². The van der Waals surface area contributed by atoms with Crippen molar-refractivity contribution in [3.05, 3.63) is 18.2 Å². The van der Waals surface area contributed by atoms with Crippen LogP contribution in [-0.2, 0) is 4.79 Å². The van der Waals surface area contributed by atoms with Gasteiger partial charge in [-0.3, -0.25) is 4.79 Å². The van der Waals surface area contributed by atoms with E-state index in [0.717, 1.165) is 6.07 Å². The normalized spacial score (nSPS) is 9.42. The van der Waals surface area contributed by atoms with Crippen LogP contribution in [0.15, 0.2) is 18.2 Å². The minimum absolute atomic E-state index is 0.125. The van der Waals surface area contributed by atoms with Crippen LogP contribution in [0.5, 0.6) is 17.2 Å². The number of hydrogen-bond acceptors (Lipinski definition) is 4. The Morgan fingerprint density at radius 1 is 1.25 bits per heavy atom. The van der Waals surface area contributed by atoms with E-state index >= 15 is 0 Å². The maximum Gasteiger partial charge on any atom is 0.308 e. The molecule has 64 valence electrons. The van der Waals surface area contributed by atoms with E-state index < -0.39 is 5.97 Å². The van der Waals surface area contributed by atoms with Gasteiger partial charge in [0.05, 0.1) is 0 Å². The molecule has 0 amide bonds. The number of rotatable bonds is 1. The molecular formula is C8H8O4. The monoisotopic (exact) mass is 168 g/mol. The first kappa shape index (κ1) is 8.39. The van der Waals surface area contributed by atoms with Crippen molar-refractivity contribution >= 4 is 5.97 Å². The highest BCUT2D eigenvalue weighted by Crippen LogP contribution is 2.25. The summed E-state index contributed by atoms with van der Waals surface area (Å²) in [6.45, 7) is 1.24. The van der Waals surface area contributed by atoms with Gasteiger partial charge in [0.1, 0.15) is 17.2 Å². The van der Waals surface area contributed by atoms with Crippen LogP contribution in [0.2, 0.25) is 0 Å². The molecule has 0 aliphatic heterocycles. The van der Waals surface area contributed by atoms with Gasteiger partial charge in [0.15, 0.2) is 0 Å². The van der Waals surface area contributed by atoms with Crippen LogP contribution in [0, 0.1) is 0 Å². The quantitative estimate of drug-likeness (QED) is 0.485. The number of esters is 1. The van der Waals surface area contributed by atoms with Gasteiger partial charge in [-0.05, 0) is 0 Å². The Labute approximate surface area is 69.0 Å². The summed E-state index contributed by atoms with van der Waals surface area (Å²) in [4.78, 5) is 10.5. The third kappa shape index (κ3) is 2.16. The second kappa shape index (κ2) is 3.13. The summed E-state index contributed by atoms with van der Waals surface area (Å²) in [6.07, 6.45) is 0. The fourth-order valence-corrected chi connectivity index (χ4v) is 0.793. The van der Waals surface area contributed by atoms with Gasteiger partial charge in [-0.2, -0.15) is 0 Å². The summed E-state index contributed by atoms with van der Waals surface area (Å²) >= 11 is 0. The third-order valence-corrected chi connectivity index (χ3v) is 1.14. The van der Waals surface area contributed by atoms with E-state index in [9.17, 15) is 4.79 Å². The lowest BCUT2D eigenvalue weighted by Crippen LogP contribution is -2.00. The lowest BCUT2D eigenvalue weighted by molar-refractivity contribution is -0.131. The van der Waals surface area contributed by atoms with Crippen molar-refractivity contribution in [2.24, 2.45) is 0 Å². The van der Waals surface area contributed by atoms with Gasteiger partial charge >= 0.3 is 5.97 Å². The number of ether oxygens (including phenoxy) is 1. The van der Waals surface area contributed by atoms with Crippen molar-refractivity contribution in [3.63, 3.8) is 0 Å². The van der Waals surface area contributed by atoms with Crippen molar-refractivity contribution in [2.75, 3.05) is 0 Å². The molecule has 1 aromatic carbocycles. The van der Waals surface area contributed by atoms with Crippen LogP contribution >= 0.6 is 0 Å². The van der Waals surface area contributed by atoms with E-state index in [1.165, 1.54) is 19.1 Å². The fraction of sp³-hybridized carbons (Fsp3) is 0.125. The zero-order valence-corrected chi connectivity index (χ0v) is 6.44. The molecule has 12 heavy (non-hydrogen) atoms. The standard InChI is InChI=1S/C8H8O4/c1-5(9)12-8-3-6(10)2-7(11)4-8/h2-4,10-11H,1H3. The van der Waals surface area contributed by atoms with Gasteiger partial charge in [-0.1, -0.05) is 0 Å². The Balaban J connectivity index is 2.93. The van der Waals surface area contributed by atoms with E-state index in [2.05, 4.69) is 4.74 Å². The van der Waals surface area contributed by atoms with Gasteiger partial charge in [0.25, 0.3) is 0 Å². The van der Waals surface area contributed by atoms with Gasteiger partial charge in [0, 0.05) is 25.1 Å². The Morgan fingerprint density at radius 2 is 1.75 bits per heavy atom. The fourth-order valence-electron chi connectivity index (χ4n) is 0.793. The van der Waals surface area contributed by atoms with Crippen LogP contribution in [-0.4, -0.2) is 16.2 Å². The van der Waals surface area contributed by atoms with Crippen LogP contribution < -0.4 is 4.74 Å². The van der Waals surface area contributed by atoms with Crippen molar-refractivity contribution in [1.82, 2.24) is 0 Å². The number of aromatic hydroxyl groups is 2. The first-order chi connectivity index (χ1) is 5.58. The molecule has 0 aromatic heterocycles. The molecule has 0 aliphatic rings. The third-order valence-electron chi connectivity index (χ3n) is 1.14. The number of hydrogen-bond donors (Lipinski definition) is 2. The second-order valence-electron chi connectivity index (χ2n) is 2.28. The number of carbonyl (C=O) groups is 1. The highest BCUT2D eigenvalue weighted by molar-refractivity contribution is 5.69. The summed E-state index contributed by atoms with van der Waals surface area (Å²) in [5.74, 6) is -0.669. The summed E-state index contributed by atoms with van der Waals surface area (Å²) in [7, 11) is 0. The lowest BCUT2D eigenvalue weighted by Gasteiger charge is -2.01. The molecule has 1 rings (SSSR count). The minimum atomic E-state index is -0.500. The smallest absolute Gasteiger partial charge is 0.308 e. The zero-order valence-electron chi connectivity index (χ0n) is 6.44. The van der Waals surface area contributed by atoms with Crippen molar-refractivity contribution in [3.8, 4) is 17.2 Å². The number of carbonyl (C=O) groups excluding carboxylic acids is 1. The maximum atomic E-state index is 10.5. The van der Waals surface area contributed by atoms with Gasteiger partial charge in [-0.15, -0.1) is 0 Å². The summed E-state index contributed by atoms with van der Waals surface area (Å²) in [5, 5.41) is 17.9. The topological polar surface area (TPSA) is 66.8 Å². The Kier molecular flexibility index (Phi) is 2.19. The van der Waals surface area contributed by atoms with E-state index in [1.54, 1.807) is 0 Å². The average molecular weight is 168 g/mol. The molecule has 0 saturated carbocycles. The molecule has 1 aromatic rings. The van der Waals surface area contributed by atoms with Gasteiger partial charge in [-0.25, -0.2) is 0 Å². The molecule has 0 radical (unpaired) electrons. The van der Waals surface area contributed by atoms with E-state index in [4.69, 9.17) is 10.2 Å². The van der Waals surface area contributed by atoms with E-state index in [1.807, 2.05) is 0 Å². The van der Waals surface area contributed by atoms with E-state index in [-0.39, 0.29) is 17.2 Å². The van der Waals surface area contributed by atoms with Crippen molar-refractivity contribution in [1.29, 1.82) is 0 Å². The highest BCUT2D eigenvalue weighted by Gasteiger charge is 2.01. The van der Waals surface area contributed by atoms with Crippen LogP contribution in [0.3, 0.4) is 0 Å². The minimum Gasteiger partial charge on any atom is -0.508 e. The molecule has 0 unspecified atom stereocenters. The van der Waals surface area contributed by atoms with Gasteiger partial charge < -0.3 is 14.9 Å². The highest BCUT2D eigenvalue weighted by atomic mass is 16.5. The zero-order chi connectivity index (χ0) is 9.14. The molecule has 0 aliphatic carbocycles. The van der Waals surface area contributed by atoms with Crippen molar-refractivity contribution < 1.29 is 19.7 Å². The molecule has 0 heterocycles. The van der Waals surface area contributed by atoms with E-state index in [0.29, 0.717) is 0 Å². The number of benzene rings is 1. The molecular weight excluding hydrogens is 160 g/mol. The SMILES string of the molecule is CC(=O)Oc1cc(O)cc(O)c1. The molecule has 0 atom stereocenters. The first-order valence-electron chi connectivity index (χ1n) is 3.29. The Morgan fingerprint density at radius 3 is 2.17 bits per heavy atom. The predicted octanol–water partition coefficient (Wildman–Crippen LogP) is 1.02. The molecule has 0 bridgehead atoms. The number of phenols is 2. The molecule has 0 saturated heterocycles. The molecule has 0 spiro atoms. The summed E-state index contributed by atoms with van der Waals surface area (Å²) in [6, 6.07) is 3.62. The van der Waals surface area contributed by atoms with Crippen LogP contribution in [0.25, 0.3) is 0 Å². The Bertz CT molecular complexity index is 286. The molecule has 0 fully saturated rings. The van der Waals surface area contributed by atoms with Gasteiger partial charge in [0.2, 0.25) is 0 Å². The average Bonchev–Trinajstić information content (AvgIpc) is 1.81. The largest absolute Gasteiger partial charge is 0.508 e. The Hall–Kier alpha value is -1.71. The predicted molar refractivity (Wildman–Crippen MR) is 41.1 cm³/mol. The maximum absolute atomic E-state index is 10.5. The van der Waals surface area contributed by atoms with Crippen LogP contribution in [0.1, 0.15) is 6.92 Å². The molecule has 2 N–H and O–H groups in total. The first-order valence-corrected chi connectivity index (χ1v) is 3.29. The number of phenolic OH excluding ortho intramolecular Hbond substituents is 2.